The highest BCUT2D eigenvalue weighted by molar-refractivity contribution is 7.85. The Morgan fingerprint density at radius 1 is 2.00 bits per heavy atom. The summed E-state index contributed by atoms with van der Waals surface area (Å²) in [6.45, 7) is -3.05. The Morgan fingerprint density at radius 2 is 2.57 bits per heavy atom. The van der Waals surface area contributed by atoms with E-state index in [9.17, 15) is 8.42 Å². The van der Waals surface area contributed by atoms with E-state index in [1.54, 1.807) is 0 Å². The molecule has 0 aromatic rings. The molecule has 0 spiro atoms. The van der Waals surface area contributed by atoms with Crippen molar-refractivity contribution in [3.05, 3.63) is 0 Å². The second kappa shape index (κ2) is 2.28. The van der Waals surface area contributed by atoms with Crippen LogP contribution < -0.4 is 0 Å². The van der Waals surface area contributed by atoms with E-state index in [0.717, 1.165) is 0 Å². The van der Waals surface area contributed by atoms with Crippen molar-refractivity contribution in [3.63, 3.8) is 0 Å². The van der Waals surface area contributed by atoms with Crippen molar-refractivity contribution in [1.82, 2.24) is 0 Å². The molecular weight excluding hydrogens is 116 g/mol. The van der Waals surface area contributed by atoms with Gasteiger partial charge in [0.05, 0.1) is 5.75 Å². The molecule has 0 aromatic carbocycles. The van der Waals surface area contributed by atoms with Crippen LogP contribution in [-0.4, -0.2) is 18.7 Å². The Balaban J connectivity index is 4.67. The molecule has 0 unspecified atom stereocenters. The molecule has 0 saturated heterocycles. The molecule has 0 saturated carbocycles. The van der Waals surface area contributed by atoms with Crippen LogP contribution in [0.4, 0.5) is 0 Å². The monoisotopic (exact) mass is 129 g/mol. The smallest absolute Gasteiger partial charge is 0.264 e. The van der Waals surface area contributed by atoms with E-state index in [2.05, 4.69) is 0 Å². The van der Waals surface area contributed by atoms with Gasteiger partial charge >= 0.3 is 0 Å². The van der Waals surface area contributed by atoms with Gasteiger partial charge in [-0.05, 0) is 6.37 Å². The molecule has 0 amide bonds. The second-order valence-corrected chi connectivity index (χ2v) is 2.36. The van der Waals surface area contributed by atoms with Gasteiger partial charge in [0.15, 0.2) is 0 Å². The van der Waals surface area contributed by atoms with Crippen molar-refractivity contribution in [2.45, 2.75) is 13.2 Å². The third kappa shape index (κ3) is 5.91. The van der Waals surface area contributed by atoms with Crippen LogP contribution in [0.2, 0.25) is 0 Å². The Bertz CT molecular complexity index is 252. The minimum absolute atomic E-state index is 1.42. The molecule has 4 heteroatoms. The van der Waals surface area contributed by atoms with Crippen LogP contribution in [0.3, 0.4) is 0 Å². The lowest BCUT2D eigenvalue weighted by molar-refractivity contribution is 0.482. The second-order valence-electron chi connectivity index (χ2n) is 0.903. The van der Waals surface area contributed by atoms with Gasteiger partial charge < -0.3 is 0 Å². The summed E-state index contributed by atoms with van der Waals surface area (Å²) < 4.78 is 61.9. The molecule has 0 fully saturated rings. The SMILES string of the molecule is [2H]C([2H])([2H])C([2H])([2H])CS(=O)(=O)O. The normalized spacial score (nSPS) is 26.1. The van der Waals surface area contributed by atoms with Crippen molar-refractivity contribution in [2.75, 3.05) is 5.75 Å². The number of hydrogen-bond acceptors (Lipinski definition) is 2. The number of rotatable bonds is 2. The molecule has 44 valence electrons. The lowest BCUT2D eigenvalue weighted by Crippen LogP contribution is -2.01. The minimum atomic E-state index is -4.60. The van der Waals surface area contributed by atoms with Gasteiger partial charge in [0.1, 0.15) is 0 Å². The predicted molar refractivity (Wildman–Crippen MR) is 26.7 cm³/mol. The van der Waals surface area contributed by atoms with Crippen LogP contribution >= 0.6 is 0 Å². The molecule has 1 N–H and O–H groups in total. The first-order chi connectivity index (χ1) is 4.96. The van der Waals surface area contributed by atoms with Gasteiger partial charge in [0, 0.05) is 6.85 Å². The molecule has 0 bridgehead atoms. The van der Waals surface area contributed by atoms with E-state index in [-0.39, 0.29) is 0 Å². The van der Waals surface area contributed by atoms with Crippen molar-refractivity contribution in [2.24, 2.45) is 0 Å². The fraction of sp³-hybridized carbons (Fsp3) is 1.00. The van der Waals surface area contributed by atoms with E-state index in [4.69, 9.17) is 11.4 Å². The summed E-state index contributed by atoms with van der Waals surface area (Å²) in [6.07, 6.45) is -2.92. The van der Waals surface area contributed by atoms with Crippen LogP contribution in [0.25, 0.3) is 0 Å². The first-order valence-corrected chi connectivity index (χ1v) is 3.02. The molecule has 0 aliphatic heterocycles. The maximum Gasteiger partial charge on any atom is 0.264 e. The Morgan fingerprint density at radius 3 is 2.71 bits per heavy atom. The number of hydrogen-bond donors (Lipinski definition) is 1. The van der Waals surface area contributed by atoms with Crippen LogP contribution in [0.5, 0.6) is 0 Å². The van der Waals surface area contributed by atoms with Crippen molar-refractivity contribution >= 4 is 10.1 Å². The van der Waals surface area contributed by atoms with E-state index in [1.165, 1.54) is 0 Å². The van der Waals surface area contributed by atoms with Gasteiger partial charge in [-0.1, -0.05) is 6.85 Å². The van der Waals surface area contributed by atoms with Gasteiger partial charge in [0.2, 0.25) is 0 Å². The molecule has 3 nitrogen and oxygen atoms in total. The van der Waals surface area contributed by atoms with Gasteiger partial charge in [-0.3, -0.25) is 4.55 Å². The van der Waals surface area contributed by atoms with Crippen LogP contribution in [0, 0.1) is 0 Å². The average Bonchev–Trinajstić information content (AvgIpc) is 1.52. The topological polar surface area (TPSA) is 54.4 Å². The maximum atomic E-state index is 10.2. The Kier molecular flexibility index (Phi) is 0.660. The van der Waals surface area contributed by atoms with Gasteiger partial charge in [0.25, 0.3) is 10.1 Å². The maximum absolute atomic E-state index is 10.2. The highest BCUT2D eigenvalue weighted by Crippen LogP contribution is 1.83. The Hall–Kier alpha value is -0.0900. The first kappa shape index (κ1) is 2.03. The summed E-state index contributed by atoms with van der Waals surface area (Å²) in [6, 6.07) is 0. The van der Waals surface area contributed by atoms with Crippen LogP contribution in [-0.2, 0) is 10.1 Å². The summed E-state index contributed by atoms with van der Waals surface area (Å²) in [5.41, 5.74) is 0. The summed E-state index contributed by atoms with van der Waals surface area (Å²) >= 11 is 0. The third-order valence-electron chi connectivity index (χ3n) is 0.255. The Labute approximate surface area is 50.1 Å². The standard InChI is InChI=1S/C3H8O3S/c1-2-3-7(4,5)6/h2-3H2,1H3,(H,4,5,6)/i1D3,2D2. The molecular formula is C3H8O3S. The zero-order valence-electron chi connectivity index (χ0n) is 8.38. The van der Waals surface area contributed by atoms with Crippen LogP contribution in [0.15, 0.2) is 0 Å². The highest BCUT2D eigenvalue weighted by Gasteiger charge is 1.98. The molecule has 7 heavy (non-hydrogen) atoms. The predicted octanol–water partition coefficient (Wildman–Crippen LogP) is 0.284. The summed E-state index contributed by atoms with van der Waals surface area (Å²) in [4.78, 5) is 0. The molecule has 0 aliphatic carbocycles. The van der Waals surface area contributed by atoms with E-state index in [0.29, 0.717) is 0 Å². The molecule has 0 atom stereocenters. The first-order valence-electron chi connectivity index (χ1n) is 3.91. The molecule has 0 heterocycles. The molecule has 0 rings (SSSR count). The van der Waals surface area contributed by atoms with Crippen LogP contribution in [0.1, 0.15) is 20.1 Å². The zero-order valence-corrected chi connectivity index (χ0v) is 4.20. The van der Waals surface area contributed by atoms with Crippen molar-refractivity contribution in [1.29, 1.82) is 0 Å². The third-order valence-corrected chi connectivity index (χ3v) is 0.764. The summed E-state index contributed by atoms with van der Waals surface area (Å²) in [7, 11) is -4.60. The van der Waals surface area contributed by atoms with Crippen molar-refractivity contribution in [3.8, 4) is 0 Å². The zero-order chi connectivity index (χ0) is 10.2. The molecule has 0 aliphatic rings. The fourth-order valence-corrected chi connectivity index (χ4v) is 0.274. The summed E-state index contributed by atoms with van der Waals surface area (Å²) in [5.74, 6) is -1.42. The van der Waals surface area contributed by atoms with E-state index >= 15 is 0 Å². The molecule has 0 radical (unpaired) electrons. The average molecular weight is 129 g/mol. The lowest BCUT2D eigenvalue weighted by Gasteiger charge is -1.85. The van der Waals surface area contributed by atoms with Gasteiger partial charge in [-0.15, -0.1) is 0 Å². The van der Waals surface area contributed by atoms with Crippen molar-refractivity contribution < 1.29 is 19.8 Å². The highest BCUT2D eigenvalue weighted by atomic mass is 32.2. The van der Waals surface area contributed by atoms with Gasteiger partial charge in [-0.2, -0.15) is 8.42 Å². The van der Waals surface area contributed by atoms with E-state index < -0.39 is 29.1 Å². The lowest BCUT2D eigenvalue weighted by atomic mass is 10.6. The van der Waals surface area contributed by atoms with Gasteiger partial charge in [-0.25, -0.2) is 0 Å². The van der Waals surface area contributed by atoms with E-state index in [1.807, 2.05) is 0 Å². The minimum Gasteiger partial charge on any atom is -0.286 e. The molecule has 0 aromatic heterocycles. The summed E-state index contributed by atoms with van der Waals surface area (Å²) in [5, 5.41) is 0. The quantitative estimate of drug-likeness (QED) is 0.545. The largest absolute Gasteiger partial charge is 0.286 e. The fourth-order valence-electron chi connectivity index (χ4n) is 0.0912.